The van der Waals surface area contributed by atoms with Gasteiger partial charge in [-0.05, 0) is 29.9 Å². The Labute approximate surface area is 140 Å². The van der Waals surface area contributed by atoms with Crippen LogP contribution in [0.25, 0.3) is 0 Å². The largest absolute Gasteiger partial charge is 0.423 e. The topological polar surface area (TPSA) is 68.5 Å². The third kappa shape index (κ3) is 2.94. The van der Waals surface area contributed by atoms with Gasteiger partial charge in [0.15, 0.2) is 6.10 Å². The van der Waals surface area contributed by atoms with E-state index in [0.717, 1.165) is 12.8 Å². The van der Waals surface area contributed by atoms with E-state index < -0.39 is 0 Å². The summed E-state index contributed by atoms with van der Waals surface area (Å²) in [6, 6.07) is 8.46. The molecule has 1 aromatic heterocycles. The standard InChI is InChI=1S/C18H21N3O3/c1-12-19-20-18(24-12)16-11-21(8-9-23-16)17(22)10-14-7-6-13-4-2-3-5-15(13)14/h2-5,14,16H,6-11H2,1H3/t14-,16-/m1/s1. The molecule has 2 atom stereocenters. The molecule has 1 aromatic carbocycles. The van der Waals surface area contributed by atoms with Crippen LogP contribution in [0.4, 0.5) is 0 Å². The summed E-state index contributed by atoms with van der Waals surface area (Å²) in [6.45, 7) is 3.35. The Hall–Kier alpha value is -2.21. The third-order valence-corrected chi connectivity index (χ3v) is 4.91. The van der Waals surface area contributed by atoms with Crippen LogP contribution in [0.15, 0.2) is 28.7 Å². The number of nitrogens with zero attached hydrogens (tertiary/aromatic N) is 3. The van der Waals surface area contributed by atoms with Crippen LogP contribution in [0.5, 0.6) is 0 Å². The molecule has 0 N–H and O–H groups in total. The third-order valence-electron chi connectivity index (χ3n) is 4.91. The van der Waals surface area contributed by atoms with E-state index in [4.69, 9.17) is 9.15 Å². The fourth-order valence-electron chi connectivity index (χ4n) is 3.66. The zero-order valence-corrected chi connectivity index (χ0v) is 13.8. The summed E-state index contributed by atoms with van der Waals surface area (Å²) in [6.07, 6.45) is 2.37. The van der Waals surface area contributed by atoms with Gasteiger partial charge in [0.05, 0.1) is 13.2 Å². The molecule has 2 aromatic rings. The molecular formula is C18H21N3O3. The highest BCUT2D eigenvalue weighted by atomic mass is 16.5. The number of carbonyl (C=O) groups excluding carboxylic acids is 1. The van der Waals surface area contributed by atoms with Crippen molar-refractivity contribution in [1.29, 1.82) is 0 Å². The monoisotopic (exact) mass is 327 g/mol. The maximum absolute atomic E-state index is 12.7. The quantitative estimate of drug-likeness (QED) is 0.866. The molecule has 2 aliphatic rings. The van der Waals surface area contributed by atoms with Crippen molar-refractivity contribution in [2.24, 2.45) is 0 Å². The number of hydrogen-bond acceptors (Lipinski definition) is 5. The van der Waals surface area contributed by atoms with Crippen molar-refractivity contribution in [1.82, 2.24) is 15.1 Å². The first-order chi connectivity index (χ1) is 11.7. The minimum Gasteiger partial charge on any atom is -0.423 e. The van der Waals surface area contributed by atoms with Crippen molar-refractivity contribution in [3.63, 3.8) is 0 Å². The summed E-state index contributed by atoms with van der Waals surface area (Å²) < 4.78 is 11.1. The van der Waals surface area contributed by atoms with Crippen LogP contribution in [-0.2, 0) is 16.0 Å². The number of carbonyl (C=O) groups is 1. The van der Waals surface area contributed by atoms with Crippen molar-refractivity contribution in [2.75, 3.05) is 19.7 Å². The molecule has 6 nitrogen and oxygen atoms in total. The van der Waals surface area contributed by atoms with Crippen molar-refractivity contribution in [3.8, 4) is 0 Å². The highest BCUT2D eigenvalue weighted by Gasteiger charge is 2.31. The number of aryl methyl sites for hydroxylation is 2. The number of benzene rings is 1. The van der Waals surface area contributed by atoms with Crippen molar-refractivity contribution in [3.05, 3.63) is 47.2 Å². The molecule has 1 fully saturated rings. The molecule has 0 spiro atoms. The minimum atomic E-state index is -0.320. The summed E-state index contributed by atoms with van der Waals surface area (Å²) in [5, 5.41) is 7.86. The van der Waals surface area contributed by atoms with Gasteiger partial charge in [0.1, 0.15) is 0 Å². The Balaban J connectivity index is 1.41. The van der Waals surface area contributed by atoms with E-state index in [-0.39, 0.29) is 12.0 Å². The molecule has 1 aliphatic heterocycles. The van der Waals surface area contributed by atoms with Gasteiger partial charge in [-0.25, -0.2) is 0 Å². The Morgan fingerprint density at radius 2 is 2.21 bits per heavy atom. The lowest BCUT2D eigenvalue weighted by atomic mass is 9.97. The first-order valence-electron chi connectivity index (χ1n) is 8.48. The maximum Gasteiger partial charge on any atom is 0.246 e. The van der Waals surface area contributed by atoms with Crippen molar-refractivity contribution >= 4 is 5.91 Å². The summed E-state index contributed by atoms with van der Waals surface area (Å²) in [5.74, 6) is 1.48. The SMILES string of the molecule is Cc1nnc([C@H]2CN(C(=O)C[C@H]3CCc4ccccc43)CCO2)o1. The maximum atomic E-state index is 12.7. The number of hydrogen-bond donors (Lipinski definition) is 0. The first kappa shape index (κ1) is 15.3. The Morgan fingerprint density at radius 1 is 1.33 bits per heavy atom. The molecule has 6 heteroatoms. The van der Waals surface area contributed by atoms with Crippen LogP contribution < -0.4 is 0 Å². The minimum absolute atomic E-state index is 0.182. The Kier molecular flexibility index (Phi) is 4.06. The van der Waals surface area contributed by atoms with E-state index in [1.54, 1.807) is 6.92 Å². The van der Waals surface area contributed by atoms with E-state index >= 15 is 0 Å². The highest BCUT2D eigenvalue weighted by molar-refractivity contribution is 5.77. The van der Waals surface area contributed by atoms with Gasteiger partial charge in [-0.15, -0.1) is 10.2 Å². The van der Waals surface area contributed by atoms with E-state index in [2.05, 4.69) is 34.5 Å². The number of aromatic nitrogens is 2. The Morgan fingerprint density at radius 3 is 3.04 bits per heavy atom. The molecule has 1 aliphatic carbocycles. The molecule has 4 rings (SSSR count). The molecule has 126 valence electrons. The van der Waals surface area contributed by atoms with Crippen LogP contribution in [0.1, 0.15) is 47.8 Å². The van der Waals surface area contributed by atoms with Gasteiger partial charge < -0.3 is 14.1 Å². The van der Waals surface area contributed by atoms with Crippen molar-refractivity contribution in [2.45, 2.75) is 38.2 Å². The second kappa shape index (κ2) is 6.36. The lowest BCUT2D eigenvalue weighted by Gasteiger charge is -2.32. The molecule has 0 unspecified atom stereocenters. The molecule has 0 bridgehead atoms. The summed E-state index contributed by atoms with van der Waals surface area (Å²) in [7, 11) is 0. The van der Waals surface area contributed by atoms with Crippen LogP contribution in [0.2, 0.25) is 0 Å². The number of rotatable bonds is 3. The number of ether oxygens (including phenoxy) is 1. The summed E-state index contributed by atoms with van der Waals surface area (Å²) >= 11 is 0. The molecule has 2 heterocycles. The second-order valence-electron chi connectivity index (χ2n) is 6.50. The average Bonchev–Trinajstić information content (AvgIpc) is 3.22. The van der Waals surface area contributed by atoms with E-state index in [1.807, 2.05) is 4.90 Å². The first-order valence-corrected chi connectivity index (χ1v) is 8.48. The Bertz CT molecular complexity index is 743. The van der Waals surface area contributed by atoms with E-state index in [9.17, 15) is 4.79 Å². The lowest BCUT2D eigenvalue weighted by molar-refractivity contribution is -0.140. The van der Waals surface area contributed by atoms with Crippen LogP contribution in [-0.4, -0.2) is 40.7 Å². The zero-order valence-electron chi connectivity index (χ0n) is 13.8. The van der Waals surface area contributed by atoms with Gasteiger partial charge in [0.25, 0.3) is 0 Å². The molecule has 24 heavy (non-hydrogen) atoms. The predicted molar refractivity (Wildman–Crippen MR) is 86.4 cm³/mol. The fourth-order valence-corrected chi connectivity index (χ4v) is 3.66. The average molecular weight is 327 g/mol. The zero-order chi connectivity index (χ0) is 16.5. The van der Waals surface area contributed by atoms with E-state index in [0.29, 0.717) is 43.8 Å². The van der Waals surface area contributed by atoms with E-state index in [1.165, 1.54) is 11.1 Å². The highest BCUT2D eigenvalue weighted by Crippen LogP contribution is 2.36. The number of fused-ring (bicyclic) bond motifs is 1. The molecular weight excluding hydrogens is 306 g/mol. The smallest absolute Gasteiger partial charge is 0.246 e. The molecule has 0 radical (unpaired) electrons. The van der Waals surface area contributed by atoms with Crippen molar-refractivity contribution < 1.29 is 13.9 Å². The van der Waals surface area contributed by atoms with Gasteiger partial charge in [0, 0.05) is 19.9 Å². The van der Waals surface area contributed by atoms with Crippen LogP contribution in [0, 0.1) is 6.92 Å². The van der Waals surface area contributed by atoms with Gasteiger partial charge in [-0.3, -0.25) is 4.79 Å². The van der Waals surface area contributed by atoms with Gasteiger partial charge in [0.2, 0.25) is 17.7 Å². The van der Waals surface area contributed by atoms with Crippen LogP contribution >= 0.6 is 0 Å². The predicted octanol–water partition coefficient (Wildman–Crippen LogP) is 2.40. The lowest BCUT2D eigenvalue weighted by Crippen LogP contribution is -2.42. The molecule has 1 saturated heterocycles. The van der Waals surface area contributed by atoms with Gasteiger partial charge >= 0.3 is 0 Å². The summed E-state index contributed by atoms with van der Waals surface area (Å²) in [5.41, 5.74) is 2.72. The second-order valence-corrected chi connectivity index (χ2v) is 6.50. The molecule has 0 saturated carbocycles. The number of morpholine rings is 1. The van der Waals surface area contributed by atoms with Crippen LogP contribution in [0.3, 0.4) is 0 Å². The van der Waals surface area contributed by atoms with Gasteiger partial charge in [-0.1, -0.05) is 24.3 Å². The summed E-state index contributed by atoms with van der Waals surface area (Å²) in [4.78, 5) is 14.6. The van der Waals surface area contributed by atoms with Gasteiger partial charge in [-0.2, -0.15) is 0 Å². The fraction of sp³-hybridized carbons (Fsp3) is 0.500. The number of amides is 1. The molecule has 1 amide bonds. The normalized spacial score (nSPS) is 23.3.